The molecular formula is C6H14N2O6S. The molecule has 0 rings (SSSR count). The summed E-state index contributed by atoms with van der Waals surface area (Å²) in [5, 5.41) is 0. The third-order valence-corrected chi connectivity index (χ3v) is 1.10. The Balaban J connectivity index is 0. The molecule has 0 fully saturated rings. The van der Waals surface area contributed by atoms with Gasteiger partial charge in [0.1, 0.15) is 0 Å². The number of unbranched alkanes of at least 4 members (excludes halogenated alkanes) is 1. The third-order valence-electron chi connectivity index (χ3n) is 1.10. The highest BCUT2D eigenvalue weighted by Gasteiger charge is 1.96. The monoisotopic (exact) mass is 242 g/mol. The van der Waals surface area contributed by atoms with E-state index >= 15 is 0 Å². The van der Waals surface area contributed by atoms with E-state index < -0.39 is 10.4 Å². The molecule has 0 atom stereocenters. The highest BCUT2D eigenvalue weighted by molar-refractivity contribution is 7.79. The van der Waals surface area contributed by atoms with Gasteiger partial charge in [0, 0.05) is 12.8 Å². The van der Waals surface area contributed by atoms with Crippen LogP contribution in [0.2, 0.25) is 0 Å². The Bertz CT molecular complexity index is 275. The van der Waals surface area contributed by atoms with Crippen molar-refractivity contribution in [1.29, 1.82) is 0 Å². The van der Waals surface area contributed by atoms with Crippen molar-refractivity contribution in [3.63, 3.8) is 0 Å². The minimum atomic E-state index is -4.67. The third kappa shape index (κ3) is 44.3. The zero-order valence-electron chi connectivity index (χ0n) is 7.92. The maximum atomic E-state index is 10.2. The van der Waals surface area contributed by atoms with E-state index in [1.54, 1.807) is 0 Å². The van der Waals surface area contributed by atoms with E-state index in [1.165, 1.54) is 0 Å². The lowest BCUT2D eigenvalue weighted by Crippen LogP contribution is -2.12. The lowest BCUT2D eigenvalue weighted by molar-refractivity contribution is -0.119. The van der Waals surface area contributed by atoms with E-state index in [2.05, 4.69) is 0 Å². The molecule has 0 aliphatic carbocycles. The molecule has 0 bridgehead atoms. The van der Waals surface area contributed by atoms with E-state index in [0.29, 0.717) is 25.7 Å². The Morgan fingerprint density at radius 3 is 1.27 bits per heavy atom. The Morgan fingerprint density at radius 1 is 0.933 bits per heavy atom. The number of amides is 2. The summed E-state index contributed by atoms with van der Waals surface area (Å²) in [6, 6.07) is 0. The van der Waals surface area contributed by atoms with E-state index in [9.17, 15) is 9.59 Å². The normalized spacial score (nSPS) is 10.0. The van der Waals surface area contributed by atoms with Gasteiger partial charge < -0.3 is 11.5 Å². The molecular weight excluding hydrogens is 228 g/mol. The van der Waals surface area contributed by atoms with Crippen LogP contribution in [0, 0.1) is 0 Å². The predicted molar refractivity (Wildman–Crippen MR) is 51.0 cm³/mol. The van der Waals surface area contributed by atoms with Crippen molar-refractivity contribution in [2.75, 3.05) is 0 Å². The first-order chi connectivity index (χ1) is 6.63. The summed E-state index contributed by atoms with van der Waals surface area (Å²) in [4.78, 5) is 20.3. The van der Waals surface area contributed by atoms with Crippen LogP contribution in [0.3, 0.4) is 0 Å². The number of hydrogen-bond donors (Lipinski definition) is 4. The summed E-state index contributed by atoms with van der Waals surface area (Å²) in [5.41, 5.74) is 9.71. The zero-order valence-corrected chi connectivity index (χ0v) is 8.74. The topological polar surface area (TPSA) is 161 Å². The Hall–Kier alpha value is -1.19. The second-order valence-corrected chi connectivity index (χ2v) is 3.48. The van der Waals surface area contributed by atoms with E-state index in [-0.39, 0.29) is 11.8 Å². The molecule has 15 heavy (non-hydrogen) atoms. The molecule has 0 aromatic heterocycles. The van der Waals surface area contributed by atoms with Gasteiger partial charge in [-0.1, -0.05) is 0 Å². The fourth-order valence-electron chi connectivity index (χ4n) is 0.598. The van der Waals surface area contributed by atoms with E-state index in [1.807, 2.05) is 0 Å². The standard InChI is InChI=1S/C6H12N2O2.H2O4S/c7-5(9)3-1-2-4-6(8)10;1-5(2,3)4/h1-4H2,(H2,7,9)(H2,8,10);(H2,1,2,3,4). The van der Waals surface area contributed by atoms with Crippen LogP contribution < -0.4 is 11.5 Å². The summed E-state index contributed by atoms with van der Waals surface area (Å²) in [5.74, 6) is -0.658. The first kappa shape index (κ1) is 16.2. The molecule has 6 N–H and O–H groups in total. The summed E-state index contributed by atoms with van der Waals surface area (Å²) >= 11 is 0. The molecule has 0 aromatic carbocycles. The number of rotatable bonds is 5. The lowest BCUT2D eigenvalue weighted by Gasteiger charge is -1.93. The maximum Gasteiger partial charge on any atom is 0.394 e. The maximum absolute atomic E-state index is 10.2. The number of primary amides is 2. The van der Waals surface area contributed by atoms with E-state index in [4.69, 9.17) is 29.0 Å². The van der Waals surface area contributed by atoms with Crippen LogP contribution in [-0.2, 0) is 20.0 Å². The Morgan fingerprint density at radius 2 is 1.13 bits per heavy atom. The van der Waals surface area contributed by atoms with E-state index in [0.717, 1.165) is 0 Å². The highest BCUT2D eigenvalue weighted by atomic mass is 32.3. The summed E-state index contributed by atoms with van der Waals surface area (Å²) < 4.78 is 31.6. The SMILES string of the molecule is NC(=O)CCCCC(N)=O.O=S(=O)(O)O. The highest BCUT2D eigenvalue weighted by Crippen LogP contribution is 1.97. The fourth-order valence-corrected chi connectivity index (χ4v) is 0.598. The minimum Gasteiger partial charge on any atom is -0.370 e. The van der Waals surface area contributed by atoms with Crippen molar-refractivity contribution < 1.29 is 27.1 Å². The summed E-state index contributed by atoms with van der Waals surface area (Å²) in [6.45, 7) is 0. The summed E-state index contributed by atoms with van der Waals surface area (Å²) in [6.07, 6.45) is 1.98. The summed E-state index contributed by atoms with van der Waals surface area (Å²) in [7, 11) is -4.67. The van der Waals surface area contributed by atoms with Crippen LogP contribution in [-0.4, -0.2) is 29.3 Å². The van der Waals surface area contributed by atoms with Gasteiger partial charge in [0.15, 0.2) is 0 Å². The molecule has 0 saturated carbocycles. The van der Waals surface area contributed by atoms with Gasteiger partial charge in [-0.05, 0) is 12.8 Å². The number of hydrogen-bond acceptors (Lipinski definition) is 4. The molecule has 2 amide bonds. The molecule has 0 aliphatic rings. The molecule has 0 aromatic rings. The van der Waals surface area contributed by atoms with Crippen molar-refractivity contribution in [2.45, 2.75) is 25.7 Å². The molecule has 0 spiro atoms. The molecule has 8 nitrogen and oxygen atoms in total. The molecule has 9 heteroatoms. The van der Waals surface area contributed by atoms with Crippen LogP contribution >= 0.6 is 0 Å². The van der Waals surface area contributed by atoms with Crippen molar-refractivity contribution in [2.24, 2.45) is 11.5 Å². The molecule has 0 heterocycles. The zero-order chi connectivity index (χ0) is 12.5. The molecule has 0 radical (unpaired) electrons. The van der Waals surface area contributed by atoms with Gasteiger partial charge in [0.2, 0.25) is 11.8 Å². The molecule has 90 valence electrons. The average Bonchev–Trinajstić information content (AvgIpc) is 1.94. The lowest BCUT2D eigenvalue weighted by atomic mass is 10.2. The van der Waals surface area contributed by atoms with Gasteiger partial charge in [-0.2, -0.15) is 8.42 Å². The quantitative estimate of drug-likeness (QED) is 0.352. The molecule has 0 aliphatic heterocycles. The smallest absolute Gasteiger partial charge is 0.370 e. The van der Waals surface area contributed by atoms with Crippen LogP contribution in [0.4, 0.5) is 0 Å². The van der Waals surface area contributed by atoms with Crippen LogP contribution in [0.1, 0.15) is 25.7 Å². The Labute approximate surface area is 87.2 Å². The average molecular weight is 242 g/mol. The van der Waals surface area contributed by atoms with Gasteiger partial charge in [0.05, 0.1) is 0 Å². The largest absolute Gasteiger partial charge is 0.394 e. The predicted octanol–water partition coefficient (Wildman–Crippen LogP) is -1.14. The van der Waals surface area contributed by atoms with Gasteiger partial charge >= 0.3 is 10.4 Å². The van der Waals surface area contributed by atoms with Crippen molar-refractivity contribution in [3.05, 3.63) is 0 Å². The first-order valence-corrected chi connectivity index (χ1v) is 5.29. The minimum absolute atomic E-state index is 0.329. The Kier molecular flexibility index (Phi) is 8.82. The van der Waals surface area contributed by atoms with Crippen LogP contribution in [0.15, 0.2) is 0 Å². The second kappa shape index (κ2) is 8.15. The first-order valence-electron chi connectivity index (χ1n) is 3.89. The van der Waals surface area contributed by atoms with Crippen molar-refractivity contribution in [3.8, 4) is 0 Å². The number of nitrogens with two attached hydrogens (primary N) is 2. The molecule has 0 saturated heterocycles. The van der Waals surface area contributed by atoms with Gasteiger partial charge in [-0.25, -0.2) is 0 Å². The van der Waals surface area contributed by atoms with Crippen LogP contribution in [0.25, 0.3) is 0 Å². The fraction of sp³-hybridized carbons (Fsp3) is 0.667. The van der Waals surface area contributed by atoms with Crippen LogP contribution in [0.5, 0.6) is 0 Å². The number of carbonyl (C=O) groups is 2. The van der Waals surface area contributed by atoms with Crippen molar-refractivity contribution in [1.82, 2.24) is 0 Å². The van der Waals surface area contributed by atoms with Crippen molar-refractivity contribution >= 4 is 22.2 Å². The second-order valence-electron chi connectivity index (χ2n) is 2.59. The molecule has 0 unspecified atom stereocenters. The van der Waals surface area contributed by atoms with Gasteiger partial charge in [0.25, 0.3) is 0 Å². The van der Waals surface area contributed by atoms with Gasteiger partial charge in [-0.15, -0.1) is 0 Å². The van der Waals surface area contributed by atoms with Gasteiger partial charge in [-0.3, -0.25) is 18.7 Å². The number of carbonyl (C=O) groups excluding carboxylic acids is 2.